The number of hydrogen-bond donors (Lipinski definition) is 2. The molecule has 0 radical (unpaired) electrons. The Kier molecular flexibility index (Phi) is 3.42. The van der Waals surface area contributed by atoms with Gasteiger partial charge in [0.25, 0.3) is 0 Å². The smallest absolute Gasteiger partial charge is 0.128 e. The second-order valence-electron chi connectivity index (χ2n) is 4.31. The van der Waals surface area contributed by atoms with Crippen LogP contribution in [0.5, 0.6) is 0 Å². The second-order valence-corrected chi connectivity index (χ2v) is 4.31. The van der Waals surface area contributed by atoms with Crippen molar-refractivity contribution in [1.82, 2.24) is 0 Å². The summed E-state index contributed by atoms with van der Waals surface area (Å²) >= 11 is 0. The predicted molar refractivity (Wildman–Crippen MR) is 58.6 cm³/mol. The Morgan fingerprint density at radius 3 is 2.76 bits per heavy atom. The summed E-state index contributed by atoms with van der Waals surface area (Å²) in [6.07, 6.45) is -0.774. The number of alkyl halides is 1. The fourth-order valence-electron chi connectivity index (χ4n) is 2.35. The van der Waals surface area contributed by atoms with Gasteiger partial charge >= 0.3 is 0 Å². The molecule has 3 nitrogen and oxygen atoms in total. The van der Waals surface area contributed by atoms with Gasteiger partial charge in [-0.05, 0) is 6.07 Å². The number of aliphatic hydroxyl groups is 1. The molecule has 0 saturated carbocycles. The molecule has 3 N–H and O–H groups in total. The Morgan fingerprint density at radius 2 is 2.18 bits per heavy atom. The van der Waals surface area contributed by atoms with E-state index in [9.17, 15) is 13.9 Å². The zero-order chi connectivity index (χ0) is 12.5. The Morgan fingerprint density at radius 1 is 1.47 bits per heavy atom. The van der Waals surface area contributed by atoms with Crippen LogP contribution in [0.25, 0.3) is 0 Å². The van der Waals surface area contributed by atoms with E-state index in [1.54, 1.807) is 18.2 Å². The van der Waals surface area contributed by atoms with E-state index in [-0.39, 0.29) is 18.8 Å². The van der Waals surface area contributed by atoms with Crippen molar-refractivity contribution >= 4 is 0 Å². The van der Waals surface area contributed by atoms with Gasteiger partial charge in [-0.1, -0.05) is 18.2 Å². The van der Waals surface area contributed by atoms with Gasteiger partial charge in [-0.2, -0.15) is 0 Å². The number of rotatable bonds is 3. The molecule has 1 saturated heterocycles. The lowest BCUT2D eigenvalue weighted by Crippen LogP contribution is -2.47. The van der Waals surface area contributed by atoms with Crippen molar-refractivity contribution in [1.29, 1.82) is 0 Å². The summed E-state index contributed by atoms with van der Waals surface area (Å²) in [5.74, 6) is -1.10. The van der Waals surface area contributed by atoms with Crippen LogP contribution in [-0.4, -0.2) is 31.1 Å². The lowest BCUT2D eigenvalue weighted by molar-refractivity contribution is 0.0525. The highest BCUT2D eigenvalue weighted by Crippen LogP contribution is 2.38. The zero-order valence-corrected chi connectivity index (χ0v) is 9.27. The van der Waals surface area contributed by atoms with Crippen molar-refractivity contribution < 1.29 is 18.6 Å². The van der Waals surface area contributed by atoms with E-state index in [0.717, 1.165) is 0 Å². The minimum Gasteiger partial charge on any atom is -0.396 e. The van der Waals surface area contributed by atoms with E-state index in [0.29, 0.717) is 0 Å². The van der Waals surface area contributed by atoms with Crippen LogP contribution in [0.15, 0.2) is 24.3 Å². The maximum atomic E-state index is 13.7. The first-order chi connectivity index (χ1) is 8.13. The fourth-order valence-corrected chi connectivity index (χ4v) is 2.35. The van der Waals surface area contributed by atoms with Crippen LogP contribution in [-0.2, 0) is 10.3 Å². The molecule has 3 atom stereocenters. The van der Waals surface area contributed by atoms with Gasteiger partial charge in [-0.3, -0.25) is 0 Å². The van der Waals surface area contributed by atoms with E-state index in [1.807, 2.05) is 0 Å². The monoisotopic (exact) mass is 243 g/mol. The van der Waals surface area contributed by atoms with Crippen molar-refractivity contribution in [2.45, 2.75) is 11.6 Å². The Hall–Kier alpha value is -1.04. The van der Waals surface area contributed by atoms with E-state index >= 15 is 0 Å². The maximum absolute atomic E-state index is 13.7. The molecule has 1 aliphatic heterocycles. The SMILES string of the molecule is N[C@@]1(c2ccccc2F)CO[C@H](CF)[C@H]1CO. The maximum Gasteiger partial charge on any atom is 0.128 e. The molecular formula is C12H15F2NO2. The third-order valence-corrected chi connectivity index (χ3v) is 3.37. The van der Waals surface area contributed by atoms with Crippen molar-refractivity contribution in [3.05, 3.63) is 35.6 Å². The standard InChI is InChI=1S/C12H15F2NO2/c13-5-11-9(6-16)12(15,7-17-11)8-3-1-2-4-10(8)14/h1-4,9,11,16H,5-7,15H2/t9-,11-,12-/m1/s1. The molecule has 0 amide bonds. The zero-order valence-electron chi connectivity index (χ0n) is 9.27. The van der Waals surface area contributed by atoms with Crippen molar-refractivity contribution in [3.63, 3.8) is 0 Å². The molecule has 1 aliphatic rings. The molecule has 1 fully saturated rings. The van der Waals surface area contributed by atoms with Crippen molar-refractivity contribution in [2.24, 2.45) is 11.7 Å². The number of aliphatic hydroxyl groups excluding tert-OH is 1. The van der Waals surface area contributed by atoms with Gasteiger partial charge in [0.1, 0.15) is 12.5 Å². The molecule has 0 bridgehead atoms. The Bertz CT molecular complexity index is 402. The minimum absolute atomic E-state index is 0.00769. The van der Waals surface area contributed by atoms with Gasteiger partial charge in [0, 0.05) is 11.5 Å². The molecule has 17 heavy (non-hydrogen) atoms. The molecule has 0 unspecified atom stereocenters. The second kappa shape index (κ2) is 4.68. The molecule has 1 heterocycles. The van der Waals surface area contributed by atoms with Crippen LogP contribution in [0.1, 0.15) is 5.56 Å². The van der Waals surface area contributed by atoms with Crippen molar-refractivity contribution in [3.8, 4) is 0 Å². The number of nitrogens with two attached hydrogens (primary N) is 1. The average Bonchev–Trinajstić information content (AvgIpc) is 2.67. The van der Waals surface area contributed by atoms with E-state index in [1.165, 1.54) is 6.07 Å². The number of ether oxygens (including phenoxy) is 1. The average molecular weight is 243 g/mol. The van der Waals surface area contributed by atoms with Gasteiger partial charge < -0.3 is 15.6 Å². The first kappa shape index (κ1) is 12.4. The summed E-state index contributed by atoms with van der Waals surface area (Å²) in [5.41, 5.74) is 5.20. The molecule has 0 aromatic heterocycles. The third kappa shape index (κ3) is 1.94. The molecule has 1 aromatic carbocycles. The van der Waals surface area contributed by atoms with Crippen LogP contribution in [0.3, 0.4) is 0 Å². The number of hydrogen-bond acceptors (Lipinski definition) is 3. The lowest BCUT2D eigenvalue weighted by atomic mass is 9.79. The lowest BCUT2D eigenvalue weighted by Gasteiger charge is -2.30. The number of benzene rings is 1. The van der Waals surface area contributed by atoms with E-state index < -0.39 is 30.1 Å². The first-order valence-electron chi connectivity index (χ1n) is 5.45. The first-order valence-corrected chi connectivity index (χ1v) is 5.45. The highest BCUT2D eigenvalue weighted by molar-refractivity contribution is 5.29. The minimum atomic E-state index is -1.17. The molecule has 1 aromatic rings. The van der Waals surface area contributed by atoms with Gasteiger partial charge in [0.2, 0.25) is 0 Å². The molecule has 5 heteroatoms. The normalized spacial score (nSPS) is 32.9. The molecular weight excluding hydrogens is 228 g/mol. The third-order valence-electron chi connectivity index (χ3n) is 3.37. The largest absolute Gasteiger partial charge is 0.396 e. The van der Waals surface area contributed by atoms with Crippen LogP contribution in [0.2, 0.25) is 0 Å². The summed E-state index contributed by atoms with van der Waals surface area (Å²) in [7, 11) is 0. The van der Waals surface area contributed by atoms with E-state index in [2.05, 4.69) is 0 Å². The highest BCUT2D eigenvalue weighted by atomic mass is 19.1. The van der Waals surface area contributed by atoms with Gasteiger partial charge in [-0.15, -0.1) is 0 Å². The predicted octanol–water partition coefficient (Wildman–Crippen LogP) is 0.957. The van der Waals surface area contributed by atoms with Crippen LogP contribution >= 0.6 is 0 Å². The number of halogens is 2. The van der Waals surface area contributed by atoms with Gasteiger partial charge in [0.15, 0.2) is 0 Å². The Labute approximate surface area is 98.2 Å². The summed E-state index contributed by atoms with van der Waals surface area (Å²) in [6, 6.07) is 6.05. The molecule has 2 rings (SSSR count). The van der Waals surface area contributed by atoms with E-state index in [4.69, 9.17) is 10.5 Å². The van der Waals surface area contributed by atoms with Gasteiger partial charge in [0.05, 0.1) is 24.9 Å². The van der Waals surface area contributed by atoms with Crippen LogP contribution < -0.4 is 5.73 Å². The summed E-state index contributed by atoms with van der Waals surface area (Å²) in [4.78, 5) is 0. The topological polar surface area (TPSA) is 55.5 Å². The van der Waals surface area contributed by atoms with Crippen molar-refractivity contribution in [2.75, 3.05) is 19.9 Å². The summed E-state index contributed by atoms with van der Waals surface area (Å²) in [5, 5.41) is 9.31. The van der Waals surface area contributed by atoms with Crippen LogP contribution in [0.4, 0.5) is 8.78 Å². The summed E-state index contributed by atoms with van der Waals surface area (Å²) in [6.45, 7) is -1.06. The van der Waals surface area contributed by atoms with Gasteiger partial charge in [-0.25, -0.2) is 8.78 Å². The molecule has 94 valence electrons. The quantitative estimate of drug-likeness (QED) is 0.831. The highest BCUT2D eigenvalue weighted by Gasteiger charge is 2.49. The Balaban J connectivity index is 2.39. The van der Waals surface area contributed by atoms with Crippen LogP contribution in [0, 0.1) is 11.7 Å². The fraction of sp³-hybridized carbons (Fsp3) is 0.500. The summed E-state index contributed by atoms with van der Waals surface area (Å²) < 4.78 is 31.6. The molecule has 0 aliphatic carbocycles. The molecule has 0 spiro atoms.